The maximum Gasteiger partial charge on any atom is 0.193 e. The van der Waals surface area contributed by atoms with E-state index in [2.05, 4.69) is 34.0 Å². The van der Waals surface area contributed by atoms with Gasteiger partial charge in [0.1, 0.15) is 5.82 Å². The topological polar surface area (TPSA) is 43.3 Å². The van der Waals surface area contributed by atoms with Gasteiger partial charge in [0, 0.05) is 71.9 Å². The van der Waals surface area contributed by atoms with Crippen LogP contribution in [0.2, 0.25) is 0 Å². The fraction of sp³-hybridized carbons (Fsp3) is 0.682. The van der Waals surface area contributed by atoms with Gasteiger partial charge in [0.2, 0.25) is 0 Å². The van der Waals surface area contributed by atoms with Crippen molar-refractivity contribution in [1.82, 2.24) is 15.1 Å². The Morgan fingerprint density at radius 1 is 1.27 bits per heavy atom. The second-order valence-electron chi connectivity index (χ2n) is 7.98. The van der Waals surface area contributed by atoms with Gasteiger partial charge in [0.25, 0.3) is 0 Å². The number of benzene rings is 1. The number of rotatable bonds is 8. The Labute approximate surface area is 197 Å². The lowest BCUT2D eigenvalue weighted by Crippen LogP contribution is -2.47. The molecule has 2 aliphatic heterocycles. The molecule has 2 fully saturated rings. The third-order valence-corrected chi connectivity index (χ3v) is 5.71. The first kappa shape index (κ1) is 25.1. The lowest BCUT2D eigenvalue weighted by Gasteiger charge is -2.36. The van der Waals surface area contributed by atoms with Gasteiger partial charge >= 0.3 is 0 Å². The first-order valence-electron chi connectivity index (χ1n) is 11.0. The summed E-state index contributed by atoms with van der Waals surface area (Å²) in [5, 5.41) is 3.40. The zero-order chi connectivity index (χ0) is 20.5. The Morgan fingerprint density at radius 3 is 2.70 bits per heavy atom. The summed E-state index contributed by atoms with van der Waals surface area (Å²) in [5.41, 5.74) is 0.725. The normalized spacial score (nSPS) is 20.2. The minimum Gasteiger partial charge on any atom is -0.381 e. The highest BCUT2D eigenvalue weighted by Gasteiger charge is 2.20. The van der Waals surface area contributed by atoms with E-state index in [4.69, 9.17) is 9.73 Å². The highest BCUT2D eigenvalue weighted by molar-refractivity contribution is 14.0. The van der Waals surface area contributed by atoms with Crippen LogP contribution in [0.5, 0.6) is 0 Å². The molecule has 0 aliphatic carbocycles. The van der Waals surface area contributed by atoms with Crippen molar-refractivity contribution in [2.75, 3.05) is 77.5 Å². The number of halogens is 2. The number of anilines is 1. The molecule has 1 aromatic rings. The third kappa shape index (κ3) is 7.53. The van der Waals surface area contributed by atoms with Crippen LogP contribution >= 0.6 is 24.0 Å². The molecule has 0 radical (unpaired) electrons. The number of para-hydroxylation sites is 1. The number of aliphatic imine (C=N–C) groups is 1. The van der Waals surface area contributed by atoms with Crippen LogP contribution < -0.4 is 10.2 Å². The zero-order valence-electron chi connectivity index (χ0n) is 18.4. The van der Waals surface area contributed by atoms with Crippen molar-refractivity contribution < 1.29 is 9.13 Å². The molecule has 3 rings (SSSR count). The standard InChI is InChI=1S/C22H36FN5O.HI/c1-3-24-22(26(2)17-19-9-16-29-18-19)25-10-6-11-27-12-14-28(15-13-27)21-8-5-4-7-20(21)23;/h4-5,7-8,19H,3,6,9-18H2,1-2H3,(H,24,25);1H. The zero-order valence-corrected chi connectivity index (χ0v) is 20.7. The van der Waals surface area contributed by atoms with Gasteiger partial charge in [-0.25, -0.2) is 4.39 Å². The lowest BCUT2D eigenvalue weighted by atomic mass is 10.1. The summed E-state index contributed by atoms with van der Waals surface area (Å²) in [6.07, 6.45) is 2.18. The van der Waals surface area contributed by atoms with Gasteiger partial charge in [-0.3, -0.25) is 9.89 Å². The monoisotopic (exact) mass is 533 g/mol. The minimum absolute atomic E-state index is 0. The van der Waals surface area contributed by atoms with E-state index < -0.39 is 0 Å². The van der Waals surface area contributed by atoms with Crippen molar-refractivity contribution in [3.63, 3.8) is 0 Å². The van der Waals surface area contributed by atoms with Crippen LogP contribution in [0.25, 0.3) is 0 Å². The Kier molecular flexibility index (Phi) is 11.2. The molecule has 1 atom stereocenters. The van der Waals surface area contributed by atoms with Crippen molar-refractivity contribution in [2.24, 2.45) is 10.9 Å². The molecule has 0 spiro atoms. The number of ether oxygens (including phenoxy) is 1. The van der Waals surface area contributed by atoms with E-state index in [0.717, 1.165) is 90.1 Å². The summed E-state index contributed by atoms with van der Waals surface area (Å²) in [5.74, 6) is 1.47. The molecule has 2 heterocycles. The lowest BCUT2D eigenvalue weighted by molar-refractivity contribution is 0.181. The summed E-state index contributed by atoms with van der Waals surface area (Å²) < 4.78 is 19.5. The molecule has 0 amide bonds. The molecule has 0 saturated carbocycles. The summed E-state index contributed by atoms with van der Waals surface area (Å²) in [4.78, 5) is 11.7. The minimum atomic E-state index is -0.125. The Morgan fingerprint density at radius 2 is 2.03 bits per heavy atom. The molecule has 0 aromatic heterocycles. The Bertz CT molecular complexity index is 648. The van der Waals surface area contributed by atoms with Crippen molar-refractivity contribution in [3.8, 4) is 0 Å². The molecular formula is C22H37FIN5O. The highest BCUT2D eigenvalue weighted by atomic mass is 127. The van der Waals surface area contributed by atoms with Crippen molar-refractivity contribution in [1.29, 1.82) is 0 Å². The van der Waals surface area contributed by atoms with Crippen LogP contribution in [-0.4, -0.2) is 88.4 Å². The molecule has 1 aromatic carbocycles. The quantitative estimate of drug-likeness (QED) is 0.241. The average Bonchev–Trinajstić information content (AvgIpc) is 3.24. The Balaban J connectivity index is 0.00000320. The van der Waals surface area contributed by atoms with Crippen molar-refractivity contribution >= 4 is 35.6 Å². The van der Waals surface area contributed by atoms with Crippen LogP contribution in [0.4, 0.5) is 10.1 Å². The van der Waals surface area contributed by atoms with Crippen LogP contribution in [0.15, 0.2) is 29.3 Å². The number of guanidine groups is 1. The number of piperazine rings is 1. The molecule has 2 aliphatic rings. The predicted molar refractivity (Wildman–Crippen MR) is 133 cm³/mol. The molecule has 2 saturated heterocycles. The molecule has 30 heavy (non-hydrogen) atoms. The van der Waals surface area contributed by atoms with E-state index in [1.165, 1.54) is 0 Å². The van der Waals surface area contributed by atoms with Crippen molar-refractivity contribution in [3.05, 3.63) is 30.1 Å². The van der Waals surface area contributed by atoms with E-state index in [1.54, 1.807) is 12.1 Å². The van der Waals surface area contributed by atoms with Crippen LogP contribution in [0.3, 0.4) is 0 Å². The SMILES string of the molecule is CCNC(=NCCCN1CCN(c2ccccc2F)CC1)N(C)CC1CCOC1.I. The van der Waals surface area contributed by atoms with Gasteiger partial charge in [-0.05, 0) is 31.9 Å². The molecule has 170 valence electrons. The van der Waals surface area contributed by atoms with Gasteiger partial charge in [-0.15, -0.1) is 24.0 Å². The third-order valence-electron chi connectivity index (χ3n) is 5.71. The maximum absolute atomic E-state index is 14.0. The predicted octanol–water partition coefficient (Wildman–Crippen LogP) is 2.89. The summed E-state index contributed by atoms with van der Waals surface area (Å²) in [7, 11) is 2.11. The molecule has 1 unspecified atom stereocenters. The van der Waals surface area contributed by atoms with E-state index in [0.29, 0.717) is 5.92 Å². The van der Waals surface area contributed by atoms with Gasteiger partial charge in [0.15, 0.2) is 5.96 Å². The van der Waals surface area contributed by atoms with E-state index >= 15 is 0 Å². The van der Waals surface area contributed by atoms with E-state index in [9.17, 15) is 4.39 Å². The highest BCUT2D eigenvalue weighted by Crippen LogP contribution is 2.20. The summed E-state index contributed by atoms with van der Waals surface area (Å²) in [6.45, 7) is 11.3. The molecular weight excluding hydrogens is 496 g/mol. The van der Waals surface area contributed by atoms with Gasteiger partial charge in [0.05, 0.1) is 12.3 Å². The van der Waals surface area contributed by atoms with Gasteiger partial charge < -0.3 is 19.9 Å². The van der Waals surface area contributed by atoms with E-state index in [-0.39, 0.29) is 29.8 Å². The molecule has 1 N–H and O–H groups in total. The number of hydrogen-bond acceptors (Lipinski definition) is 4. The molecule has 8 heteroatoms. The number of nitrogens with one attached hydrogen (secondary N) is 1. The van der Waals surface area contributed by atoms with Gasteiger partial charge in [-0.2, -0.15) is 0 Å². The van der Waals surface area contributed by atoms with E-state index in [1.807, 2.05) is 12.1 Å². The first-order chi connectivity index (χ1) is 14.2. The van der Waals surface area contributed by atoms with Crippen molar-refractivity contribution in [2.45, 2.75) is 19.8 Å². The molecule has 6 nitrogen and oxygen atoms in total. The van der Waals surface area contributed by atoms with Crippen LogP contribution in [-0.2, 0) is 4.74 Å². The second-order valence-corrected chi connectivity index (χ2v) is 7.98. The number of hydrogen-bond donors (Lipinski definition) is 1. The second kappa shape index (κ2) is 13.3. The fourth-order valence-electron chi connectivity index (χ4n) is 4.07. The Hall–Kier alpha value is -1.13. The van der Waals surface area contributed by atoms with Crippen LogP contribution in [0, 0.1) is 11.7 Å². The van der Waals surface area contributed by atoms with Gasteiger partial charge in [-0.1, -0.05) is 12.1 Å². The fourth-order valence-corrected chi connectivity index (χ4v) is 4.07. The maximum atomic E-state index is 14.0. The smallest absolute Gasteiger partial charge is 0.193 e. The molecule has 0 bridgehead atoms. The largest absolute Gasteiger partial charge is 0.381 e. The average molecular weight is 533 g/mol. The summed E-state index contributed by atoms with van der Waals surface area (Å²) >= 11 is 0. The van der Waals surface area contributed by atoms with Crippen LogP contribution in [0.1, 0.15) is 19.8 Å². The summed E-state index contributed by atoms with van der Waals surface area (Å²) in [6, 6.07) is 7.06. The first-order valence-corrected chi connectivity index (χ1v) is 11.0. The number of nitrogens with zero attached hydrogens (tertiary/aromatic N) is 4.